The van der Waals surface area contributed by atoms with Crippen LogP contribution >= 0.6 is 0 Å². The molecule has 0 aliphatic heterocycles. The number of benzene rings is 1. The molecule has 1 N–H and O–H groups in total. The number of halogens is 3. The Labute approximate surface area is 130 Å². The third-order valence-corrected chi connectivity index (χ3v) is 4.99. The molecular weight excluding hydrogens is 333 g/mol. The van der Waals surface area contributed by atoms with E-state index in [1.165, 1.54) is 0 Å². The molecule has 1 aliphatic rings. The van der Waals surface area contributed by atoms with Crippen LogP contribution in [0.4, 0.5) is 19.0 Å². The Morgan fingerprint density at radius 3 is 2.65 bits per heavy atom. The Hall–Kier alpha value is -2.03. The zero-order valence-electron chi connectivity index (χ0n) is 11.9. The summed E-state index contributed by atoms with van der Waals surface area (Å²) in [4.78, 5) is -0.472. The summed E-state index contributed by atoms with van der Waals surface area (Å²) < 4.78 is 70.1. The number of nitrogens with zero attached hydrogens (tertiary/aromatic N) is 1. The predicted molar refractivity (Wildman–Crippen MR) is 75.4 cm³/mol. The minimum Gasteiger partial charge on any atom is -0.359 e. The topological polar surface area (TPSA) is 72.2 Å². The van der Waals surface area contributed by atoms with Crippen LogP contribution in [0.2, 0.25) is 0 Å². The van der Waals surface area contributed by atoms with Crippen molar-refractivity contribution < 1.29 is 26.1 Å². The van der Waals surface area contributed by atoms with Crippen molar-refractivity contribution in [3.63, 3.8) is 0 Å². The highest BCUT2D eigenvalue weighted by atomic mass is 32.2. The third-order valence-electron chi connectivity index (χ3n) is 3.65. The highest BCUT2D eigenvalue weighted by molar-refractivity contribution is 7.92. The van der Waals surface area contributed by atoms with Gasteiger partial charge in [0.25, 0.3) is 10.0 Å². The molecule has 0 bridgehead atoms. The van der Waals surface area contributed by atoms with Crippen molar-refractivity contribution in [2.45, 2.75) is 36.8 Å². The number of hydrogen-bond acceptors (Lipinski definition) is 4. The number of aryl methyl sites for hydroxylation is 1. The molecule has 0 saturated carbocycles. The van der Waals surface area contributed by atoms with Gasteiger partial charge in [0, 0.05) is 12.0 Å². The Kier molecular flexibility index (Phi) is 3.83. The molecule has 0 unspecified atom stereocenters. The molecule has 9 heteroatoms. The highest BCUT2D eigenvalue weighted by Crippen LogP contribution is 2.32. The Morgan fingerprint density at radius 2 is 1.91 bits per heavy atom. The largest absolute Gasteiger partial charge is 0.416 e. The van der Waals surface area contributed by atoms with E-state index in [9.17, 15) is 21.6 Å². The standard InChI is InChI=1S/C14H13F3N2O3S/c15-14(16,17)9-4-3-5-10(8-9)23(20,21)19-13-11-6-1-2-7-12(11)22-18-13/h3-5,8H,1-2,6-7H2,(H,18,19). The average Bonchev–Trinajstić information content (AvgIpc) is 2.89. The molecule has 5 nitrogen and oxygen atoms in total. The van der Waals surface area contributed by atoms with Crippen molar-refractivity contribution >= 4 is 15.8 Å². The van der Waals surface area contributed by atoms with Crippen molar-refractivity contribution in [3.05, 3.63) is 41.2 Å². The van der Waals surface area contributed by atoms with Gasteiger partial charge >= 0.3 is 6.18 Å². The molecule has 23 heavy (non-hydrogen) atoms. The van der Waals surface area contributed by atoms with Gasteiger partial charge in [0.2, 0.25) is 0 Å². The van der Waals surface area contributed by atoms with Gasteiger partial charge in [0.1, 0.15) is 5.76 Å². The molecule has 0 saturated heterocycles. The molecular formula is C14H13F3N2O3S. The molecule has 0 amide bonds. The van der Waals surface area contributed by atoms with Gasteiger partial charge in [-0.25, -0.2) is 8.42 Å². The first-order valence-corrected chi connectivity index (χ1v) is 8.43. The Bertz CT molecular complexity index is 828. The normalized spacial score (nSPS) is 15.3. The number of alkyl halides is 3. The van der Waals surface area contributed by atoms with E-state index < -0.39 is 26.7 Å². The summed E-state index contributed by atoms with van der Waals surface area (Å²) in [5, 5.41) is 3.69. The second-order valence-electron chi connectivity index (χ2n) is 5.27. The molecule has 2 aromatic rings. The lowest BCUT2D eigenvalue weighted by Gasteiger charge is -2.12. The highest BCUT2D eigenvalue weighted by Gasteiger charge is 2.32. The fourth-order valence-corrected chi connectivity index (χ4v) is 3.56. The van der Waals surface area contributed by atoms with E-state index in [1.54, 1.807) is 0 Å². The van der Waals surface area contributed by atoms with Crippen LogP contribution in [0.5, 0.6) is 0 Å². The van der Waals surface area contributed by atoms with Crippen molar-refractivity contribution in [2.75, 3.05) is 4.72 Å². The molecule has 1 aliphatic carbocycles. The number of nitrogens with one attached hydrogen (secondary N) is 1. The van der Waals surface area contributed by atoms with Crippen LogP contribution in [0.15, 0.2) is 33.7 Å². The molecule has 1 aromatic heterocycles. The lowest BCUT2D eigenvalue weighted by atomic mass is 9.98. The molecule has 1 heterocycles. The van der Waals surface area contributed by atoms with Crippen LogP contribution < -0.4 is 4.72 Å². The van der Waals surface area contributed by atoms with Gasteiger partial charge in [0.15, 0.2) is 5.82 Å². The SMILES string of the molecule is O=S(=O)(Nc1noc2c1CCCC2)c1cccc(C(F)(F)F)c1. The first-order chi connectivity index (χ1) is 10.8. The van der Waals surface area contributed by atoms with Gasteiger partial charge < -0.3 is 4.52 Å². The van der Waals surface area contributed by atoms with Crippen molar-refractivity contribution in [3.8, 4) is 0 Å². The maximum Gasteiger partial charge on any atom is 0.416 e. The van der Waals surface area contributed by atoms with Gasteiger partial charge in [-0.2, -0.15) is 13.2 Å². The monoisotopic (exact) mass is 346 g/mol. The zero-order valence-corrected chi connectivity index (χ0v) is 12.7. The molecule has 0 spiro atoms. The zero-order chi connectivity index (χ0) is 16.7. The van der Waals surface area contributed by atoms with Crippen LogP contribution in [0.25, 0.3) is 0 Å². The predicted octanol–water partition coefficient (Wildman–Crippen LogP) is 3.37. The van der Waals surface area contributed by atoms with Crippen LogP contribution in [-0.2, 0) is 29.0 Å². The van der Waals surface area contributed by atoms with Crippen LogP contribution in [0.3, 0.4) is 0 Å². The number of fused-ring (bicyclic) bond motifs is 1. The summed E-state index contributed by atoms with van der Waals surface area (Å²) in [5.74, 6) is 0.676. The second kappa shape index (κ2) is 5.55. The van der Waals surface area contributed by atoms with Gasteiger partial charge in [-0.15, -0.1) is 0 Å². The van der Waals surface area contributed by atoms with Crippen LogP contribution in [0.1, 0.15) is 29.7 Å². The summed E-state index contributed by atoms with van der Waals surface area (Å²) in [6, 6.07) is 3.56. The summed E-state index contributed by atoms with van der Waals surface area (Å²) in [6.45, 7) is 0. The van der Waals surface area contributed by atoms with Crippen molar-refractivity contribution in [2.24, 2.45) is 0 Å². The quantitative estimate of drug-likeness (QED) is 0.925. The lowest BCUT2D eigenvalue weighted by molar-refractivity contribution is -0.137. The first kappa shape index (κ1) is 15.9. The smallest absolute Gasteiger partial charge is 0.359 e. The van der Waals surface area contributed by atoms with Gasteiger partial charge in [-0.1, -0.05) is 11.2 Å². The van der Waals surface area contributed by atoms with E-state index in [1.807, 2.05) is 0 Å². The van der Waals surface area contributed by atoms with Crippen molar-refractivity contribution in [1.82, 2.24) is 5.16 Å². The summed E-state index contributed by atoms with van der Waals surface area (Å²) >= 11 is 0. The average molecular weight is 346 g/mol. The van der Waals surface area contributed by atoms with Crippen LogP contribution in [-0.4, -0.2) is 13.6 Å². The van der Waals surface area contributed by atoms with E-state index in [4.69, 9.17) is 4.52 Å². The minimum atomic E-state index is -4.61. The Morgan fingerprint density at radius 1 is 1.17 bits per heavy atom. The fraction of sp³-hybridized carbons (Fsp3) is 0.357. The number of anilines is 1. The van der Waals surface area contributed by atoms with E-state index in [-0.39, 0.29) is 5.82 Å². The van der Waals surface area contributed by atoms with Crippen LogP contribution in [0, 0.1) is 0 Å². The fourth-order valence-electron chi connectivity index (χ4n) is 2.49. The van der Waals surface area contributed by atoms with Gasteiger partial charge in [-0.3, -0.25) is 4.72 Å². The second-order valence-corrected chi connectivity index (χ2v) is 6.95. The number of rotatable bonds is 3. The molecule has 0 fully saturated rings. The van der Waals surface area contributed by atoms with E-state index in [2.05, 4.69) is 9.88 Å². The summed E-state index contributed by atoms with van der Waals surface area (Å²) in [5.41, 5.74) is -0.352. The third kappa shape index (κ3) is 3.19. The maximum absolute atomic E-state index is 12.7. The number of sulfonamides is 1. The van der Waals surface area contributed by atoms with Gasteiger partial charge in [-0.05, 0) is 37.5 Å². The van der Waals surface area contributed by atoms with Gasteiger partial charge in [0.05, 0.1) is 10.5 Å². The molecule has 124 valence electrons. The summed E-state index contributed by atoms with van der Waals surface area (Å²) in [6.07, 6.45) is -1.50. The van der Waals surface area contributed by atoms with E-state index >= 15 is 0 Å². The molecule has 0 atom stereocenters. The van der Waals surface area contributed by atoms with E-state index in [0.29, 0.717) is 30.2 Å². The van der Waals surface area contributed by atoms with Crippen molar-refractivity contribution in [1.29, 1.82) is 0 Å². The molecule has 0 radical (unpaired) electrons. The number of aromatic nitrogens is 1. The van der Waals surface area contributed by atoms with E-state index in [0.717, 1.165) is 31.0 Å². The molecule has 1 aromatic carbocycles. The summed E-state index contributed by atoms with van der Waals surface area (Å²) in [7, 11) is -4.17. The first-order valence-electron chi connectivity index (χ1n) is 6.95. The minimum absolute atomic E-state index is 0.0529. The maximum atomic E-state index is 12.7. The molecule has 3 rings (SSSR count). The number of hydrogen-bond donors (Lipinski definition) is 1. The lowest BCUT2D eigenvalue weighted by Crippen LogP contribution is -2.16. The Balaban J connectivity index is 1.92.